The van der Waals surface area contributed by atoms with Crippen LogP contribution in [0, 0.1) is 6.92 Å². The van der Waals surface area contributed by atoms with E-state index < -0.39 is 5.60 Å². The Morgan fingerprint density at radius 2 is 2.27 bits per heavy atom. The van der Waals surface area contributed by atoms with E-state index in [1.807, 2.05) is 25.1 Å². The van der Waals surface area contributed by atoms with Crippen LogP contribution in [0.4, 0.5) is 0 Å². The topological polar surface area (TPSA) is 20.2 Å². The Balaban J connectivity index is 3.12. The molecular weight excluding hydrogens is 275 g/mol. The zero-order chi connectivity index (χ0) is 11.5. The maximum absolute atomic E-state index is 10.3. The van der Waals surface area contributed by atoms with E-state index in [0.29, 0.717) is 16.8 Å². The van der Waals surface area contributed by atoms with Gasteiger partial charge in [0.15, 0.2) is 0 Å². The fourth-order valence-corrected chi connectivity index (χ4v) is 2.10. The van der Waals surface area contributed by atoms with E-state index in [4.69, 9.17) is 11.6 Å². The number of aliphatic hydroxyl groups is 1. The van der Waals surface area contributed by atoms with Crippen LogP contribution in [-0.4, -0.2) is 10.4 Å². The monoisotopic (exact) mass is 288 g/mol. The van der Waals surface area contributed by atoms with Gasteiger partial charge in [0.2, 0.25) is 0 Å². The molecule has 0 spiro atoms. The molecule has 0 aromatic heterocycles. The third kappa shape index (κ3) is 2.83. The molecule has 0 aliphatic carbocycles. The summed E-state index contributed by atoms with van der Waals surface area (Å²) in [7, 11) is 0. The average Bonchev–Trinajstić information content (AvgIpc) is 2.22. The third-order valence-corrected chi connectivity index (χ3v) is 3.75. The molecule has 1 nitrogen and oxygen atoms in total. The van der Waals surface area contributed by atoms with Crippen LogP contribution in [0.25, 0.3) is 0 Å². The van der Waals surface area contributed by atoms with Crippen molar-refractivity contribution >= 4 is 27.5 Å². The van der Waals surface area contributed by atoms with Gasteiger partial charge in [-0.05, 0) is 30.5 Å². The van der Waals surface area contributed by atoms with Crippen molar-refractivity contribution in [1.29, 1.82) is 0 Å². The summed E-state index contributed by atoms with van der Waals surface area (Å²) in [6.07, 6.45) is 2.20. The lowest BCUT2D eigenvalue weighted by Crippen LogP contribution is -2.26. The van der Waals surface area contributed by atoms with Crippen molar-refractivity contribution in [2.75, 3.05) is 5.33 Å². The Morgan fingerprint density at radius 1 is 1.60 bits per heavy atom. The summed E-state index contributed by atoms with van der Waals surface area (Å²) in [6.45, 7) is 5.58. The molecule has 3 heteroatoms. The van der Waals surface area contributed by atoms with Gasteiger partial charge in [0.25, 0.3) is 0 Å². The number of benzene rings is 1. The SMILES string of the molecule is C=CCC(O)(CBr)c1ccc(C)c(Cl)c1. The van der Waals surface area contributed by atoms with E-state index in [1.54, 1.807) is 6.08 Å². The number of alkyl halides is 1. The first-order chi connectivity index (χ1) is 7.03. The van der Waals surface area contributed by atoms with Crippen molar-refractivity contribution in [2.24, 2.45) is 0 Å². The molecule has 82 valence electrons. The smallest absolute Gasteiger partial charge is 0.103 e. The lowest BCUT2D eigenvalue weighted by Gasteiger charge is -2.25. The van der Waals surface area contributed by atoms with E-state index in [0.717, 1.165) is 11.1 Å². The first-order valence-corrected chi connectivity index (χ1v) is 6.19. The molecular formula is C12H14BrClO. The second-order valence-electron chi connectivity index (χ2n) is 3.62. The summed E-state index contributed by atoms with van der Waals surface area (Å²) in [5.74, 6) is 0. The summed E-state index contributed by atoms with van der Waals surface area (Å²) in [6, 6.07) is 5.61. The van der Waals surface area contributed by atoms with Crippen LogP contribution < -0.4 is 0 Å². The Kier molecular flexibility index (Phi) is 4.38. The van der Waals surface area contributed by atoms with Crippen molar-refractivity contribution < 1.29 is 5.11 Å². The minimum atomic E-state index is -0.918. The molecule has 0 amide bonds. The predicted octanol–water partition coefficient (Wildman–Crippen LogP) is 3.81. The molecule has 0 aliphatic rings. The van der Waals surface area contributed by atoms with E-state index in [1.165, 1.54) is 0 Å². The Hall–Kier alpha value is -0.310. The van der Waals surface area contributed by atoms with Gasteiger partial charge >= 0.3 is 0 Å². The number of hydrogen-bond acceptors (Lipinski definition) is 1. The largest absolute Gasteiger partial charge is 0.384 e. The van der Waals surface area contributed by atoms with Gasteiger partial charge in [-0.3, -0.25) is 0 Å². The van der Waals surface area contributed by atoms with Crippen LogP contribution in [0.1, 0.15) is 17.5 Å². The molecule has 0 fully saturated rings. The molecule has 1 aromatic rings. The van der Waals surface area contributed by atoms with Crippen molar-refractivity contribution in [3.63, 3.8) is 0 Å². The maximum Gasteiger partial charge on any atom is 0.103 e. The zero-order valence-corrected chi connectivity index (χ0v) is 11.0. The van der Waals surface area contributed by atoms with Crippen molar-refractivity contribution in [3.05, 3.63) is 47.0 Å². The van der Waals surface area contributed by atoms with Crippen molar-refractivity contribution in [3.8, 4) is 0 Å². The standard InChI is InChI=1S/C12H14BrClO/c1-3-6-12(15,8-13)10-5-4-9(2)11(14)7-10/h3-5,7,15H,1,6,8H2,2H3. The summed E-state index contributed by atoms with van der Waals surface area (Å²) in [4.78, 5) is 0. The molecule has 0 radical (unpaired) electrons. The maximum atomic E-state index is 10.3. The van der Waals surface area contributed by atoms with Crippen molar-refractivity contribution in [1.82, 2.24) is 0 Å². The highest BCUT2D eigenvalue weighted by atomic mass is 79.9. The molecule has 0 heterocycles. The number of halogens is 2. The van der Waals surface area contributed by atoms with Gasteiger partial charge < -0.3 is 5.11 Å². The Morgan fingerprint density at radius 3 is 2.73 bits per heavy atom. The molecule has 1 atom stereocenters. The molecule has 1 unspecified atom stereocenters. The molecule has 15 heavy (non-hydrogen) atoms. The molecule has 1 N–H and O–H groups in total. The summed E-state index contributed by atoms with van der Waals surface area (Å²) in [5, 5.41) is 11.5. The van der Waals surface area contributed by atoms with Crippen molar-refractivity contribution in [2.45, 2.75) is 18.9 Å². The fourth-order valence-electron chi connectivity index (χ4n) is 1.37. The highest BCUT2D eigenvalue weighted by Crippen LogP contribution is 2.30. The first-order valence-electron chi connectivity index (χ1n) is 4.69. The predicted molar refractivity (Wildman–Crippen MR) is 68.7 cm³/mol. The van der Waals surface area contributed by atoms with Gasteiger partial charge in [-0.1, -0.05) is 45.7 Å². The molecule has 0 bridgehead atoms. The summed E-state index contributed by atoms with van der Waals surface area (Å²) < 4.78 is 0. The van der Waals surface area contributed by atoms with Crippen LogP contribution in [-0.2, 0) is 5.60 Å². The van der Waals surface area contributed by atoms with Gasteiger partial charge in [-0.15, -0.1) is 6.58 Å². The lowest BCUT2D eigenvalue weighted by molar-refractivity contribution is 0.0673. The minimum Gasteiger partial charge on any atom is -0.384 e. The van der Waals surface area contributed by atoms with Crippen LogP contribution in [0.15, 0.2) is 30.9 Å². The molecule has 0 saturated heterocycles. The van der Waals surface area contributed by atoms with E-state index in [2.05, 4.69) is 22.5 Å². The molecule has 1 rings (SSSR count). The number of aryl methyl sites for hydroxylation is 1. The van der Waals surface area contributed by atoms with Gasteiger partial charge in [-0.2, -0.15) is 0 Å². The molecule has 0 aliphatic heterocycles. The Labute approximate surface area is 104 Å². The van der Waals surface area contributed by atoms with E-state index in [-0.39, 0.29) is 0 Å². The zero-order valence-electron chi connectivity index (χ0n) is 8.63. The quantitative estimate of drug-likeness (QED) is 0.660. The first kappa shape index (κ1) is 12.8. The van der Waals surface area contributed by atoms with Gasteiger partial charge in [0.05, 0.1) is 0 Å². The number of hydrogen-bond donors (Lipinski definition) is 1. The van der Waals surface area contributed by atoms with Crippen LogP contribution >= 0.6 is 27.5 Å². The van der Waals surface area contributed by atoms with E-state index in [9.17, 15) is 5.11 Å². The second-order valence-corrected chi connectivity index (χ2v) is 4.59. The van der Waals surface area contributed by atoms with Crippen LogP contribution in [0.5, 0.6) is 0 Å². The minimum absolute atomic E-state index is 0.464. The molecule has 1 aromatic carbocycles. The normalized spacial score (nSPS) is 14.7. The van der Waals surface area contributed by atoms with Gasteiger partial charge in [0.1, 0.15) is 5.60 Å². The van der Waals surface area contributed by atoms with Crippen LogP contribution in [0.2, 0.25) is 5.02 Å². The van der Waals surface area contributed by atoms with E-state index >= 15 is 0 Å². The number of rotatable bonds is 4. The third-order valence-electron chi connectivity index (χ3n) is 2.41. The Bertz CT molecular complexity index is 365. The summed E-state index contributed by atoms with van der Waals surface area (Å²) >= 11 is 9.34. The second kappa shape index (κ2) is 5.15. The lowest BCUT2D eigenvalue weighted by atomic mass is 9.92. The highest BCUT2D eigenvalue weighted by molar-refractivity contribution is 9.09. The van der Waals surface area contributed by atoms with Crippen LogP contribution in [0.3, 0.4) is 0 Å². The average molecular weight is 290 g/mol. The molecule has 0 saturated carbocycles. The highest BCUT2D eigenvalue weighted by Gasteiger charge is 2.26. The van der Waals surface area contributed by atoms with Gasteiger partial charge in [0, 0.05) is 10.4 Å². The van der Waals surface area contributed by atoms with Gasteiger partial charge in [-0.25, -0.2) is 0 Å². The summed E-state index contributed by atoms with van der Waals surface area (Å²) in [5.41, 5.74) is 0.907. The fraction of sp³-hybridized carbons (Fsp3) is 0.333.